The van der Waals surface area contributed by atoms with Crippen LogP contribution >= 0.6 is 0 Å². The predicted octanol–water partition coefficient (Wildman–Crippen LogP) is 8.47. The van der Waals surface area contributed by atoms with E-state index in [0.717, 1.165) is 48.5 Å². The lowest BCUT2D eigenvalue weighted by Crippen LogP contribution is -2.51. The van der Waals surface area contributed by atoms with Gasteiger partial charge in [0.05, 0.1) is 32.5 Å². The molecule has 4 aliphatic rings. The van der Waals surface area contributed by atoms with E-state index in [4.69, 9.17) is 14.2 Å². The van der Waals surface area contributed by atoms with Gasteiger partial charge in [0.1, 0.15) is 0 Å². The lowest BCUT2D eigenvalue weighted by atomic mass is 9.47. The van der Waals surface area contributed by atoms with Crippen molar-refractivity contribution in [1.29, 1.82) is 0 Å². The van der Waals surface area contributed by atoms with E-state index in [-0.39, 0.29) is 0 Å². The molecule has 4 unspecified atom stereocenters. The Kier molecular flexibility index (Phi) is 10.1. The number of rotatable bonds is 13. The number of allylic oxidation sites excluding steroid dienone is 1. The van der Waals surface area contributed by atoms with Gasteiger partial charge in [0.25, 0.3) is 0 Å². The minimum atomic E-state index is 0.382. The lowest BCUT2D eigenvalue weighted by molar-refractivity contribution is -0.0687. The first-order valence-electron chi connectivity index (χ1n) is 15.8. The van der Waals surface area contributed by atoms with Crippen molar-refractivity contribution in [3.8, 4) is 0 Å². The number of hydrogen-bond acceptors (Lipinski definition) is 3. The second-order valence-corrected chi connectivity index (χ2v) is 13.8. The first kappa shape index (κ1) is 28.6. The van der Waals surface area contributed by atoms with Gasteiger partial charge in [-0.2, -0.15) is 0 Å². The molecule has 0 bridgehead atoms. The molecule has 0 amide bonds. The Morgan fingerprint density at radius 1 is 0.889 bits per heavy atom. The largest absolute Gasteiger partial charge is 0.379 e. The molecule has 0 saturated heterocycles. The van der Waals surface area contributed by atoms with Crippen molar-refractivity contribution in [2.45, 2.75) is 118 Å². The van der Waals surface area contributed by atoms with Gasteiger partial charge in [-0.3, -0.25) is 0 Å². The molecule has 3 heteroatoms. The van der Waals surface area contributed by atoms with Crippen molar-refractivity contribution in [1.82, 2.24) is 0 Å². The normalized spacial score (nSPS) is 38.9. The van der Waals surface area contributed by atoms with E-state index in [1.807, 2.05) is 6.92 Å². The first-order valence-corrected chi connectivity index (χ1v) is 15.8. The van der Waals surface area contributed by atoms with Gasteiger partial charge in [0, 0.05) is 6.61 Å². The van der Waals surface area contributed by atoms with Crippen LogP contribution < -0.4 is 0 Å². The number of fused-ring (bicyclic) bond motifs is 5. The van der Waals surface area contributed by atoms with Gasteiger partial charge >= 0.3 is 0 Å². The van der Waals surface area contributed by atoms with E-state index in [9.17, 15) is 0 Å². The van der Waals surface area contributed by atoms with Crippen LogP contribution in [0, 0.1) is 46.3 Å². The van der Waals surface area contributed by atoms with E-state index in [1.165, 1.54) is 64.2 Å². The quantitative estimate of drug-likeness (QED) is 0.187. The minimum Gasteiger partial charge on any atom is -0.379 e. The van der Waals surface area contributed by atoms with Crippen LogP contribution in [-0.4, -0.2) is 39.1 Å². The third-order valence-corrected chi connectivity index (χ3v) is 11.4. The van der Waals surface area contributed by atoms with Gasteiger partial charge in [-0.25, -0.2) is 0 Å². The van der Waals surface area contributed by atoms with Crippen molar-refractivity contribution >= 4 is 0 Å². The third kappa shape index (κ3) is 6.09. The molecule has 3 fully saturated rings. The Labute approximate surface area is 223 Å². The first-order chi connectivity index (χ1) is 17.3. The zero-order valence-electron chi connectivity index (χ0n) is 24.7. The SMILES string of the molecule is CCOCCOCCOC1CC[C@@]2(C)C(=CCC3C2CC[C@@]2(C)C3CC[C@@H]2[C@H](C)CCCC(C)C)C1. The summed E-state index contributed by atoms with van der Waals surface area (Å²) in [5.74, 6) is 5.47. The average molecular weight is 503 g/mol. The summed E-state index contributed by atoms with van der Waals surface area (Å²) in [6, 6.07) is 0. The Morgan fingerprint density at radius 2 is 1.67 bits per heavy atom. The molecule has 0 aromatic rings. The van der Waals surface area contributed by atoms with Crippen molar-refractivity contribution in [2.24, 2.45) is 46.3 Å². The summed E-state index contributed by atoms with van der Waals surface area (Å²) in [6.07, 6.45) is 18.3. The van der Waals surface area contributed by atoms with Crippen molar-refractivity contribution in [3.05, 3.63) is 11.6 Å². The molecule has 0 aromatic heterocycles. The van der Waals surface area contributed by atoms with Crippen LogP contribution in [0.2, 0.25) is 0 Å². The summed E-state index contributed by atoms with van der Waals surface area (Å²) in [6.45, 7) is 18.2. The Hall–Kier alpha value is -0.380. The minimum absolute atomic E-state index is 0.382. The molecule has 0 N–H and O–H groups in total. The maximum Gasteiger partial charge on any atom is 0.0704 e. The molecule has 8 atom stereocenters. The highest BCUT2D eigenvalue weighted by Gasteiger charge is 2.59. The van der Waals surface area contributed by atoms with Crippen LogP contribution in [0.25, 0.3) is 0 Å². The lowest BCUT2D eigenvalue weighted by Gasteiger charge is -2.58. The van der Waals surface area contributed by atoms with E-state index in [2.05, 4.69) is 40.7 Å². The van der Waals surface area contributed by atoms with Crippen molar-refractivity contribution < 1.29 is 14.2 Å². The fourth-order valence-corrected chi connectivity index (χ4v) is 9.43. The van der Waals surface area contributed by atoms with Gasteiger partial charge < -0.3 is 14.2 Å². The van der Waals surface area contributed by atoms with Gasteiger partial charge in [-0.05, 0) is 105 Å². The maximum atomic E-state index is 6.29. The summed E-state index contributed by atoms with van der Waals surface area (Å²) < 4.78 is 17.3. The van der Waals surface area contributed by atoms with Crippen molar-refractivity contribution in [3.63, 3.8) is 0 Å². The smallest absolute Gasteiger partial charge is 0.0704 e. The van der Waals surface area contributed by atoms with E-state index in [0.29, 0.717) is 43.4 Å². The van der Waals surface area contributed by atoms with E-state index < -0.39 is 0 Å². The molecule has 0 spiro atoms. The Bertz CT molecular complexity index is 716. The molecule has 0 aromatic carbocycles. The highest BCUT2D eigenvalue weighted by molar-refractivity contribution is 5.25. The Morgan fingerprint density at radius 3 is 2.44 bits per heavy atom. The number of hydrogen-bond donors (Lipinski definition) is 0. The topological polar surface area (TPSA) is 27.7 Å². The fraction of sp³-hybridized carbons (Fsp3) is 0.939. The van der Waals surface area contributed by atoms with Crippen LogP contribution in [0.5, 0.6) is 0 Å². The molecule has 208 valence electrons. The molecule has 0 radical (unpaired) electrons. The van der Waals surface area contributed by atoms with Gasteiger partial charge in [-0.15, -0.1) is 0 Å². The highest BCUT2D eigenvalue weighted by atomic mass is 16.5. The third-order valence-electron chi connectivity index (χ3n) is 11.4. The van der Waals surface area contributed by atoms with Crippen LogP contribution in [0.4, 0.5) is 0 Å². The van der Waals surface area contributed by atoms with Gasteiger partial charge in [0.2, 0.25) is 0 Å². The summed E-state index contributed by atoms with van der Waals surface area (Å²) in [4.78, 5) is 0. The second kappa shape index (κ2) is 12.6. The van der Waals surface area contributed by atoms with E-state index in [1.54, 1.807) is 5.57 Å². The zero-order valence-corrected chi connectivity index (χ0v) is 24.7. The molecule has 0 heterocycles. The van der Waals surface area contributed by atoms with Crippen LogP contribution in [0.1, 0.15) is 112 Å². The molecule has 0 aliphatic heterocycles. The van der Waals surface area contributed by atoms with E-state index >= 15 is 0 Å². The molecule has 4 aliphatic carbocycles. The summed E-state index contributed by atoms with van der Waals surface area (Å²) in [7, 11) is 0. The van der Waals surface area contributed by atoms with Crippen molar-refractivity contribution in [2.75, 3.05) is 33.0 Å². The van der Waals surface area contributed by atoms with Crippen LogP contribution in [-0.2, 0) is 14.2 Å². The van der Waals surface area contributed by atoms with Gasteiger partial charge in [-0.1, -0.05) is 65.5 Å². The molecular weight excluding hydrogens is 444 g/mol. The molecule has 36 heavy (non-hydrogen) atoms. The molecule has 3 nitrogen and oxygen atoms in total. The second-order valence-electron chi connectivity index (χ2n) is 13.8. The highest BCUT2D eigenvalue weighted by Crippen LogP contribution is 2.67. The summed E-state index contributed by atoms with van der Waals surface area (Å²) in [5, 5.41) is 0. The summed E-state index contributed by atoms with van der Waals surface area (Å²) >= 11 is 0. The Balaban J connectivity index is 1.31. The fourth-order valence-electron chi connectivity index (χ4n) is 9.43. The maximum absolute atomic E-state index is 6.29. The van der Waals surface area contributed by atoms with Crippen LogP contribution in [0.3, 0.4) is 0 Å². The molecule has 4 rings (SSSR count). The molecule has 3 saturated carbocycles. The predicted molar refractivity (Wildman–Crippen MR) is 150 cm³/mol. The van der Waals surface area contributed by atoms with Crippen LogP contribution in [0.15, 0.2) is 11.6 Å². The monoisotopic (exact) mass is 502 g/mol. The summed E-state index contributed by atoms with van der Waals surface area (Å²) in [5.41, 5.74) is 2.74. The van der Waals surface area contributed by atoms with Gasteiger partial charge in [0.15, 0.2) is 0 Å². The standard InChI is InChI=1S/C33H58O3/c1-7-34-19-20-35-21-22-36-27-15-17-32(5)26(23-27)11-12-28-30-14-13-29(25(4)10-8-9-24(2)3)33(30,6)18-16-31(28)32/h11,24-25,27-31H,7-10,12-23H2,1-6H3/t25-,27?,28?,29-,30?,31?,32+,33-/m1/s1. The molecular formula is C33H58O3. The number of ether oxygens (including phenoxy) is 3. The zero-order chi connectivity index (χ0) is 25.8. The average Bonchev–Trinajstić information content (AvgIpc) is 3.20.